The van der Waals surface area contributed by atoms with Crippen LogP contribution >= 0.6 is 0 Å². The molecule has 0 fully saturated rings. The molecule has 0 radical (unpaired) electrons. The highest BCUT2D eigenvalue weighted by Gasteiger charge is 2.27. The van der Waals surface area contributed by atoms with Crippen molar-refractivity contribution in [3.63, 3.8) is 0 Å². The minimum Gasteiger partial charge on any atom is -0.494 e. The van der Waals surface area contributed by atoms with Gasteiger partial charge in [0, 0.05) is 29.9 Å². The number of anilines is 2. The number of nitrogens with zero attached hydrogens (tertiary/aromatic N) is 1. The minimum absolute atomic E-state index is 0.0859. The Balaban J connectivity index is 1.79. The van der Waals surface area contributed by atoms with Crippen LogP contribution < -0.4 is 15.0 Å². The summed E-state index contributed by atoms with van der Waals surface area (Å²) in [7, 11) is 0. The Labute approximate surface area is 147 Å². The molecule has 0 saturated carbocycles. The zero-order valence-corrected chi connectivity index (χ0v) is 14.5. The van der Waals surface area contributed by atoms with Crippen molar-refractivity contribution in [2.45, 2.75) is 26.7 Å². The second kappa shape index (κ2) is 7.38. The third-order valence-electron chi connectivity index (χ3n) is 4.30. The number of rotatable bonds is 5. The van der Waals surface area contributed by atoms with E-state index >= 15 is 0 Å². The lowest BCUT2D eigenvalue weighted by Gasteiger charge is -2.17. The Morgan fingerprint density at radius 3 is 2.56 bits per heavy atom. The zero-order valence-electron chi connectivity index (χ0n) is 14.5. The summed E-state index contributed by atoms with van der Waals surface area (Å²) in [5.74, 6) is 0.699. The number of ether oxygens (including phenoxy) is 1. The van der Waals surface area contributed by atoms with Gasteiger partial charge >= 0.3 is 0 Å². The van der Waals surface area contributed by atoms with Gasteiger partial charge < -0.3 is 15.0 Å². The lowest BCUT2D eigenvalue weighted by Crippen LogP contribution is -2.27. The van der Waals surface area contributed by atoms with Crippen LogP contribution in [0.4, 0.5) is 11.4 Å². The molecule has 0 aromatic heterocycles. The zero-order chi connectivity index (χ0) is 17.8. The van der Waals surface area contributed by atoms with Gasteiger partial charge in [-0.3, -0.25) is 9.59 Å². The molecule has 1 aliphatic heterocycles. The first-order valence-electron chi connectivity index (χ1n) is 8.60. The number of fused-ring (bicyclic) bond motifs is 1. The van der Waals surface area contributed by atoms with Crippen LogP contribution in [-0.2, 0) is 11.2 Å². The molecule has 25 heavy (non-hydrogen) atoms. The average molecular weight is 338 g/mol. The number of nitrogens with one attached hydrogen (secondary N) is 1. The third kappa shape index (κ3) is 3.50. The fraction of sp³-hybridized carbons (Fsp3) is 0.300. The van der Waals surface area contributed by atoms with Crippen LogP contribution in [0.25, 0.3) is 0 Å². The van der Waals surface area contributed by atoms with E-state index in [0.29, 0.717) is 37.2 Å². The molecule has 0 unspecified atom stereocenters. The first-order valence-corrected chi connectivity index (χ1v) is 8.60. The van der Waals surface area contributed by atoms with Crippen molar-refractivity contribution in [1.82, 2.24) is 0 Å². The summed E-state index contributed by atoms with van der Waals surface area (Å²) in [5.41, 5.74) is 3.13. The molecule has 1 heterocycles. The summed E-state index contributed by atoms with van der Waals surface area (Å²) >= 11 is 0. The summed E-state index contributed by atoms with van der Waals surface area (Å²) < 4.78 is 5.41. The highest BCUT2D eigenvalue weighted by Crippen LogP contribution is 2.31. The van der Waals surface area contributed by atoms with Crippen LogP contribution in [0.3, 0.4) is 0 Å². The molecule has 5 heteroatoms. The molecule has 2 aromatic carbocycles. The largest absolute Gasteiger partial charge is 0.494 e. The first kappa shape index (κ1) is 17.0. The van der Waals surface area contributed by atoms with Gasteiger partial charge in [-0.05, 0) is 55.3 Å². The van der Waals surface area contributed by atoms with E-state index < -0.39 is 0 Å². The molecule has 0 bridgehead atoms. The molecule has 0 aliphatic carbocycles. The van der Waals surface area contributed by atoms with E-state index in [1.807, 2.05) is 56.3 Å². The van der Waals surface area contributed by atoms with E-state index in [-0.39, 0.29) is 11.8 Å². The fourth-order valence-corrected chi connectivity index (χ4v) is 3.10. The van der Waals surface area contributed by atoms with Gasteiger partial charge in [0.25, 0.3) is 5.91 Å². The number of amides is 2. The summed E-state index contributed by atoms with van der Waals surface area (Å²) in [5, 5.41) is 2.92. The monoisotopic (exact) mass is 338 g/mol. The van der Waals surface area contributed by atoms with Crippen molar-refractivity contribution in [3.8, 4) is 5.75 Å². The number of hydrogen-bond donors (Lipinski definition) is 1. The van der Waals surface area contributed by atoms with E-state index in [1.165, 1.54) is 0 Å². The maximum atomic E-state index is 12.7. The Morgan fingerprint density at radius 2 is 1.88 bits per heavy atom. The lowest BCUT2D eigenvalue weighted by atomic mass is 10.0. The van der Waals surface area contributed by atoms with Gasteiger partial charge in [0.1, 0.15) is 5.75 Å². The quantitative estimate of drug-likeness (QED) is 0.905. The van der Waals surface area contributed by atoms with E-state index in [9.17, 15) is 9.59 Å². The van der Waals surface area contributed by atoms with Gasteiger partial charge in [-0.15, -0.1) is 0 Å². The van der Waals surface area contributed by atoms with Crippen molar-refractivity contribution >= 4 is 23.2 Å². The molecule has 5 nitrogen and oxygen atoms in total. The predicted octanol–water partition coefficient (Wildman–Crippen LogP) is 3.64. The minimum atomic E-state index is -0.160. The van der Waals surface area contributed by atoms with Crippen LogP contribution in [0.5, 0.6) is 5.75 Å². The molecule has 1 aliphatic rings. The summed E-state index contributed by atoms with van der Waals surface area (Å²) in [6.07, 6.45) is 1.16. The smallest absolute Gasteiger partial charge is 0.256 e. The van der Waals surface area contributed by atoms with Crippen molar-refractivity contribution in [2.24, 2.45) is 0 Å². The Morgan fingerprint density at radius 1 is 1.12 bits per heavy atom. The van der Waals surface area contributed by atoms with Crippen molar-refractivity contribution in [3.05, 3.63) is 53.6 Å². The molecule has 2 amide bonds. The predicted molar refractivity (Wildman–Crippen MR) is 98.4 cm³/mol. The van der Waals surface area contributed by atoms with E-state index in [2.05, 4.69) is 5.32 Å². The van der Waals surface area contributed by atoms with Crippen LogP contribution in [-0.4, -0.2) is 25.0 Å². The van der Waals surface area contributed by atoms with Crippen LogP contribution in [0.15, 0.2) is 42.5 Å². The van der Waals surface area contributed by atoms with E-state index in [0.717, 1.165) is 17.0 Å². The van der Waals surface area contributed by atoms with Crippen molar-refractivity contribution in [1.29, 1.82) is 0 Å². The molecule has 2 aromatic rings. The summed E-state index contributed by atoms with van der Waals surface area (Å²) in [6.45, 7) is 5.02. The standard InChI is InChI=1S/C20H22N2O3/c1-3-19(23)22-13-12-16-17(6-5-7-18(16)22)20(24)21-14-8-10-15(11-9-14)25-4-2/h5-11H,3-4,12-13H2,1-2H3,(H,21,24). The summed E-state index contributed by atoms with van der Waals surface area (Å²) in [6, 6.07) is 12.8. The third-order valence-corrected chi connectivity index (χ3v) is 4.30. The molecule has 3 rings (SSSR count). The molecular formula is C20H22N2O3. The molecule has 0 spiro atoms. The summed E-state index contributed by atoms with van der Waals surface area (Å²) in [4.78, 5) is 26.5. The molecule has 0 atom stereocenters. The number of carbonyl (C=O) groups excluding carboxylic acids is 2. The maximum absolute atomic E-state index is 12.7. The first-order chi connectivity index (χ1) is 12.1. The topological polar surface area (TPSA) is 58.6 Å². The molecule has 130 valence electrons. The van der Waals surface area contributed by atoms with Crippen molar-refractivity contribution < 1.29 is 14.3 Å². The number of carbonyl (C=O) groups is 2. The lowest BCUT2D eigenvalue weighted by molar-refractivity contribution is -0.118. The Hall–Kier alpha value is -2.82. The second-order valence-corrected chi connectivity index (χ2v) is 5.86. The molecule has 1 N–H and O–H groups in total. The van der Waals surface area contributed by atoms with Gasteiger partial charge in [0.2, 0.25) is 5.91 Å². The Kier molecular flexibility index (Phi) is 5.03. The fourth-order valence-electron chi connectivity index (χ4n) is 3.10. The molecule has 0 saturated heterocycles. The number of benzene rings is 2. The highest BCUT2D eigenvalue weighted by atomic mass is 16.5. The second-order valence-electron chi connectivity index (χ2n) is 5.86. The van der Waals surface area contributed by atoms with E-state index in [1.54, 1.807) is 4.90 Å². The van der Waals surface area contributed by atoms with Crippen LogP contribution in [0.2, 0.25) is 0 Å². The maximum Gasteiger partial charge on any atom is 0.256 e. The van der Waals surface area contributed by atoms with Gasteiger partial charge in [-0.25, -0.2) is 0 Å². The van der Waals surface area contributed by atoms with Gasteiger partial charge in [0.15, 0.2) is 0 Å². The van der Waals surface area contributed by atoms with E-state index in [4.69, 9.17) is 4.74 Å². The SMILES string of the molecule is CCOc1ccc(NC(=O)c2cccc3c2CCN3C(=O)CC)cc1. The van der Waals surface area contributed by atoms with Gasteiger partial charge in [0.05, 0.1) is 6.61 Å². The normalized spacial score (nSPS) is 12.6. The van der Waals surface area contributed by atoms with Gasteiger partial charge in [-0.1, -0.05) is 13.0 Å². The van der Waals surface area contributed by atoms with Crippen molar-refractivity contribution in [2.75, 3.05) is 23.4 Å². The highest BCUT2D eigenvalue weighted by molar-refractivity contribution is 6.07. The number of hydrogen-bond acceptors (Lipinski definition) is 3. The van der Waals surface area contributed by atoms with Crippen LogP contribution in [0.1, 0.15) is 36.2 Å². The Bertz CT molecular complexity index is 784. The van der Waals surface area contributed by atoms with Crippen LogP contribution in [0, 0.1) is 0 Å². The average Bonchev–Trinajstić information content (AvgIpc) is 3.07. The molecular weight excluding hydrogens is 316 g/mol. The van der Waals surface area contributed by atoms with Gasteiger partial charge in [-0.2, -0.15) is 0 Å².